The molecular weight excluding hydrogens is 468 g/mol. The van der Waals surface area contributed by atoms with Crippen molar-refractivity contribution in [1.82, 2.24) is 10.6 Å². The van der Waals surface area contributed by atoms with Crippen LogP contribution in [-0.2, 0) is 24.0 Å². The fraction of sp³-hybridized carbons (Fsp3) is 0.684. The quantitative estimate of drug-likeness (QED) is 0.0476. The normalized spacial score (nSPS) is 15.1. The molecule has 16 heteroatoms. The van der Waals surface area contributed by atoms with Crippen molar-refractivity contribution in [3.05, 3.63) is 0 Å². The number of aliphatic carboxylic acids is 2. The highest BCUT2D eigenvalue weighted by molar-refractivity contribution is 5.94. The lowest BCUT2D eigenvalue weighted by Gasteiger charge is -2.24. The summed E-state index contributed by atoms with van der Waals surface area (Å²) in [5, 5.41) is 31.1. The summed E-state index contributed by atoms with van der Waals surface area (Å²) in [4.78, 5) is 63.6. The number of nitrogens with one attached hydrogen (secondary N) is 2. The highest BCUT2D eigenvalue weighted by Crippen LogP contribution is 2.14. The lowest BCUT2D eigenvalue weighted by atomic mass is 9.89. The molecule has 0 bridgehead atoms. The fourth-order valence-corrected chi connectivity index (χ4v) is 2.98. The first-order valence-corrected chi connectivity index (χ1v) is 10.8. The molecule has 0 aromatic carbocycles. The number of carboxylic acid groups (broad SMARTS) is 2. The van der Waals surface area contributed by atoms with Crippen LogP contribution in [0, 0.1) is 5.92 Å². The molecule has 0 aromatic heterocycles. The SMILES string of the molecule is NCCCC[C@H](N)C(=O)C(CN=C(N)N)C[C@H](N)C(=O)N[C@@H](CC(=O)O)C(=O)N[C@@H](CO)C(=O)O. The van der Waals surface area contributed by atoms with Gasteiger partial charge in [0, 0.05) is 5.92 Å². The van der Waals surface area contributed by atoms with Crippen LogP contribution in [0.5, 0.6) is 0 Å². The van der Waals surface area contributed by atoms with Crippen LogP contribution in [0.3, 0.4) is 0 Å². The van der Waals surface area contributed by atoms with Gasteiger partial charge in [-0.2, -0.15) is 0 Å². The van der Waals surface area contributed by atoms with Gasteiger partial charge in [-0.3, -0.25) is 24.2 Å². The Kier molecular flexibility index (Phi) is 14.8. The molecule has 0 fully saturated rings. The van der Waals surface area contributed by atoms with E-state index in [0.717, 1.165) is 0 Å². The molecule has 15 N–H and O–H groups in total. The van der Waals surface area contributed by atoms with Crippen LogP contribution in [-0.4, -0.2) is 94.7 Å². The average molecular weight is 505 g/mol. The van der Waals surface area contributed by atoms with Gasteiger partial charge in [0.1, 0.15) is 12.1 Å². The van der Waals surface area contributed by atoms with Crippen molar-refractivity contribution in [3.63, 3.8) is 0 Å². The standard InChI is InChI=1S/C19H36N8O8/c20-4-2-1-3-10(21)15(31)9(7-25-19(23)24)5-11(22)16(32)26-12(6-14(29)30)17(33)27-13(8-28)18(34)35/h9-13,28H,1-8,20-22H2,(H,26,32)(H,27,33)(H,29,30)(H,34,35)(H4,23,24,25)/t9?,10-,11-,12-,13-/m0/s1. The Morgan fingerprint density at radius 3 is 1.97 bits per heavy atom. The molecule has 5 atom stereocenters. The molecule has 0 radical (unpaired) electrons. The highest BCUT2D eigenvalue weighted by Gasteiger charge is 2.32. The van der Waals surface area contributed by atoms with E-state index < -0.39 is 72.6 Å². The zero-order chi connectivity index (χ0) is 27.1. The van der Waals surface area contributed by atoms with Gasteiger partial charge in [0.15, 0.2) is 11.7 Å². The molecule has 0 saturated carbocycles. The maximum Gasteiger partial charge on any atom is 0.328 e. The summed E-state index contributed by atoms with van der Waals surface area (Å²) in [6.45, 7) is -0.739. The average Bonchev–Trinajstić information content (AvgIpc) is 2.78. The zero-order valence-corrected chi connectivity index (χ0v) is 19.3. The van der Waals surface area contributed by atoms with Crippen molar-refractivity contribution in [1.29, 1.82) is 0 Å². The number of ketones is 1. The molecule has 0 heterocycles. The molecule has 16 nitrogen and oxygen atoms in total. The topological polar surface area (TPSA) is 313 Å². The molecule has 0 rings (SSSR count). The first-order chi connectivity index (χ1) is 16.3. The number of aliphatic imine (C=N–C) groups is 1. The smallest absolute Gasteiger partial charge is 0.328 e. The Hall–Kier alpha value is -3.34. The number of rotatable bonds is 18. The summed E-state index contributed by atoms with van der Waals surface area (Å²) in [5.41, 5.74) is 27.9. The first-order valence-electron chi connectivity index (χ1n) is 10.8. The summed E-state index contributed by atoms with van der Waals surface area (Å²) >= 11 is 0. The van der Waals surface area contributed by atoms with E-state index in [2.05, 4.69) is 10.3 Å². The van der Waals surface area contributed by atoms with Gasteiger partial charge in [-0.25, -0.2) is 4.79 Å². The molecule has 0 aliphatic carbocycles. The summed E-state index contributed by atoms with van der Waals surface area (Å²) in [6, 6.07) is -5.70. The number of aliphatic hydroxyl groups excluding tert-OH is 1. The van der Waals surface area contributed by atoms with E-state index in [9.17, 15) is 24.0 Å². The predicted molar refractivity (Wildman–Crippen MR) is 123 cm³/mol. The van der Waals surface area contributed by atoms with Crippen LogP contribution in [0.1, 0.15) is 32.1 Å². The molecule has 35 heavy (non-hydrogen) atoms. The fourth-order valence-electron chi connectivity index (χ4n) is 2.98. The Balaban J connectivity index is 5.43. The van der Waals surface area contributed by atoms with Crippen molar-refractivity contribution in [3.8, 4) is 0 Å². The number of hydrogen-bond donors (Lipinski definition) is 10. The predicted octanol–water partition coefficient (Wildman–Crippen LogP) is -4.86. The molecular formula is C19H36N8O8. The molecule has 0 saturated heterocycles. The number of carboxylic acids is 2. The number of nitrogens with two attached hydrogens (primary N) is 5. The third kappa shape index (κ3) is 12.6. The van der Waals surface area contributed by atoms with Crippen LogP contribution in [0.25, 0.3) is 0 Å². The number of guanidine groups is 1. The largest absolute Gasteiger partial charge is 0.481 e. The zero-order valence-electron chi connectivity index (χ0n) is 19.3. The summed E-state index contributed by atoms with van der Waals surface area (Å²) in [5.74, 6) is -6.88. The Morgan fingerprint density at radius 2 is 1.49 bits per heavy atom. The van der Waals surface area contributed by atoms with E-state index in [1.54, 1.807) is 0 Å². The number of unbranched alkanes of at least 4 members (excludes halogenated alkanes) is 1. The molecule has 200 valence electrons. The monoisotopic (exact) mass is 504 g/mol. The number of Topliss-reactive ketones (excluding diaryl/α,β-unsaturated/α-hetero) is 1. The van der Waals surface area contributed by atoms with E-state index in [-0.39, 0.29) is 18.9 Å². The van der Waals surface area contributed by atoms with Crippen LogP contribution >= 0.6 is 0 Å². The van der Waals surface area contributed by atoms with E-state index in [4.69, 9.17) is 44.0 Å². The van der Waals surface area contributed by atoms with Gasteiger partial charge >= 0.3 is 11.9 Å². The lowest BCUT2D eigenvalue weighted by Crippen LogP contribution is -2.56. The molecule has 1 unspecified atom stereocenters. The molecule has 2 amide bonds. The van der Waals surface area contributed by atoms with E-state index >= 15 is 0 Å². The minimum atomic E-state index is -1.72. The minimum absolute atomic E-state index is 0.206. The van der Waals surface area contributed by atoms with Gasteiger partial charge in [-0.1, -0.05) is 6.42 Å². The second-order valence-electron chi connectivity index (χ2n) is 7.84. The number of hydrogen-bond acceptors (Lipinski definition) is 10. The van der Waals surface area contributed by atoms with Crippen LogP contribution < -0.4 is 39.3 Å². The number of carbonyl (C=O) groups excluding carboxylic acids is 3. The van der Waals surface area contributed by atoms with Crippen molar-refractivity contribution in [2.75, 3.05) is 19.7 Å². The number of aliphatic hydroxyl groups is 1. The second kappa shape index (κ2) is 16.3. The number of nitrogens with zero attached hydrogens (tertiary/aromatic N) is 1. The maximum absolute atomic E-state index is 12.8. The second-order valence-corrected chi connectivity index (χ2v) is 7.84. The summed E-state index contributed by atoms with van der Waals surface area (Å²) < 4.78 is 0. The highest BCUT2D eigenvalue weighted by atomic mass is 16.4. The third-order valence-corrected chi connectivity index (χ3v) is 4.92. The number of carbonyl (C=O) groups is 5. The van der Waals surface area contributed by atoms with E-state index in [0.29, 0.717) is 25.8 Å². The van der Waals surface area contributed by atoms with Gasteiger partial charge in [-0.05, 0) is 25.8 Å². The molecule has 0 aliphatic rings. The van der Waals surface area contributed by atoms with Crippen molar-refractivity contribution in [2.45, 2.75) is 56.3 Å². The van der Waals surface area contributed by atoms with Gasteiger partial charge in [0.05, 0.1) is 31.7 Å². The maximum atomic E-state index is 12.8. The molecule has 0 spiro atoms. The van der Waals surface area contributed by atoms with Crippen LogP contribution in [0.2, 0.25) is 0 Å². The Bertz CT molecular complexity index is 774. The third-order valence-electron chi connectivity index (χ3n) is 4.92. The van der Waals surface area contributed by atoms with Crippen molar-refractivity contribution in [2.24, 2.45) is 39.6 Å². The van der Waals surface area contributed by atoms with E-state index in [1.807, 2.05) is 5.32 Å². The van der Waals surface area contributed by atoms with Crippen LogP contribution in [0.4, 0.5) is 0 Å². The summed E-state index contributed by atoms with van der Waals surface area (Å²) in [7, 11) is 0. The lowest BCUT2D eigenvalue weighted by molar-refractivity contribution is -0.144. The minimum Gasteiger partial charge on any atom is -0.481 e. The Labute approximate surface area is 201 Å². The van der Waals surface area contributed by atoms with Crippen LogP contribution in [0.15, 0.2) is 4.99 Å². The van der Waals surface area contributed by atoms with E-state index in [1.165, 1.54) is 0 Å². The van der Waals surface area contributed by atoms with Gasteiger partial charge in [0.25, 0.3) is 0 Å². The van der Waals surface area contributed by atoms with Crippen molar-refractivity contribution < 1.29 is 39.3 Å². The van der Waals surface area contributed by atoms with Gasteiger partial charge in [-0.15, -0.1) is 0 Å². The molecule has 0 aromatic rings. The van der Waals surface area contributed by atoms with Crippen molar-refractivity contribution >= 4 is 35.5 Å². The first kappa shape index (κ1) is 31.7. The van der Waals surface area contributed by atoms with Gasteiger partial charge < -0.3 is 54.6 Å². The van der Waals surface area contributed by atoms with Gasteiger partial charge in [0.2, 0.25) is 11.8 Å². The Morgan fingerprint density at radius 1 is 0.886 bits per heavy atom. The number of amides is 2. The molecule has 0 aliphatic heterocycles. The summed E-state index contributed by atoms with van der Waals surface area (Å²) in [6.07, 6.45) is 0.425.